The third-order valence-electron chi connectivity index (χ3n) is 5.05. The molecule has 0 atom stereocenters. The zero-order chi connectivity index (χ0) is 14.9. The standard InChI is InChI=1S/C17H24N2O2/c1-12-4-7-17(11-18,8-5-12)16(20)19-14-2-3-15-13(10-14)6-9-21-15/h2-3,10,12H,4-9,11,18H2,1H3,(H,19,20). The lowest BCUT2D eigenvalue weighted by molar-refractivity contribution is -0.127. The van der Waals surface area contributed by atoms with E-state index in [9.17, 15) is 4.79 Å². The average Bonchev–Trinajstić information content (AvgIpc) is 2.96. The Balaban J connectivity index is 1.73. The Hall–Kier alpha value is -1.55. The first-order valence-corrected chi connectivity index (χ1v) is 7.90. The summed E-state index contributed by atoms with van der Waals surface area (Å²) >= 11 is 0. The lowest BCUT2D eigenvalue weighted by Gasteiger charge is -2.37. The van der Waals surface area contributed by atoms with Crippen LogP contribution in [0.3, 0.4) is 0 Å². The molecule has 3 rings (SSSR count). The van der Waals surface area contributed by atoms with Crippen molar-refractivity contribution in [1.29, 1.82) is 0 Å². The van der Waals surface area contributed by atoms with Crippen LogP contribution in [0.5, 0.6) is 5.75 Å². The molecule has 4 nitrogen and oxygen atoms in total. The van der Waals surface area contributed by atoms with E-state index < -0.39 is 0 Å². The number of carbonyl (C=O) groups excluding carboxylic acids is 1. The van der Waals surface area contributed by atoms with E-state index in [-0.39, 0.29) is 11.3 Å². The molecule has 114 valence electrons. The minimum Gasteiger partial charge on any atom is -0.493 e. The van der Waals surface area contributed by atoms with Gasteiger partial charge in [0, 0.05) is 18.7 Å². The predicted octanol–water partition coefficient (Wildman–Crippen LogP) is 2.72. The van der Waals surface area contributed by atoms with Crippen LogP contribution in [-0.2, 0) is 11.2 Å². The van der Waals surface area contributed by atoms with Gasteiger partial charge in [-0.05, 0) is 55.4 Å². The first kappa shape index (κ1) is 14.4. The van der Waals surface area contributed by atoms with E-state index >= 15 is 0 Å². The molecule has 1 aromatic rings. The van der Waals surface area contributed by atoms with Crippen LogP contribution in [-0.4, -0.2) is 19.1 Å². The van der Waals surface area contributed by atoms with Crippen molar-refractivity contribution < 1.29 is 9.53 Å². The summed E-state index contributed by atoms with van der Waals surface area (Å²) in [6, 6.07) is 5.88. The van der Waals surface area contributed by atoms with E-state index in [0.717, 1.165) is 50.1 Å². The second kappa shape index (κ2) is 5.68. The fourth-order valence-corrected chi connectivity index (χ4v) is 3.37. The van der Waals surface area contributed by atoms with Gasteiger partial charge in [-0.3, -0.25) is 4.79 Å². The Morgan fingerprint density at radius 3 is 2.90 bits per heavy atom. The molecule has 0 unspecified atom stereocenters. The third kappa shape index (κ3) is 2.77. The molecule has 0 spiro atoms. The second-order valence-electron chi connectivity index (χ2n) is 6.54. The first-order valence-electron chi connectivity index (χ1n) is 7.90. The number of carbonyl (C=O) groups is 1. The first-order chi connectivity index (χ1) is 10.1. The maximum atomic E-state index is 12.7. The zero-order valence-electron chi connectivity index (χ0n) is 12.7. The van der Waals surface area contributed by atoms with E-state index in [0.29, 0.717) is 12.5 Å². The quantitative estimate of drug-likeness (QED) is 0.899. The van der Waals surface area contributed by atoms with Gasteiger partial charge in [0.25, 0.3) is 0 Å². The van der Waals surface area contributed by atoms with Gasteiger partial charge in [-0.15, -0.1) is 0 Å². The van der Waals surface area contributed by atoms with Crippen LogP contribution in [0.2, 0.25) is 0 Å². The molecule has 1 saturated carbocycles. The summed E-state index contributed by atoms with van der Waals surface area (Å²) in [5, 5.41) is 3.07. The van der Waals surface area contributed by atoms with Crippen molar-refractivity contribution in [3.63, 3.8) is 0 Å². The van der Waals surface area contributed by atoms with E-state index in [1.54, 1.807) is 0 Å². The third-order valence-corrected chi connectivity index (χ3v) is 5.05. The summed E-state index contributed by atoms with van der Waals surface area (Å²) in [6.07, 6.45) is 4.87. The molecule has 1 fully saturated rings. The van der Waals surface area contributed by atoms with Crippen molar-refractivity contribution in [2.45, 2.75) is 39.0 Å². The highest BCUT2D eigenvalue weighted by atomic mass is 16.5. The summed E-state index contributed by atoms with van der Waals surface area (Å²) in [6.45, 7) is 3.41. The summed E-state index contributed by atoms with van der Waals surface area (Å²) in [5.41, 5.74) is 7.59. The summed E-state index contributed by atoms with van der Waals surface area (Å²) in [4.78, 5) is 12.7. The van der Waals surface area contributed by atoms with Crippen molar-refractivity contribution in [2.75, 3.05) is 18.5 Å². The van der Waals surface area contributed by atoms with Crippen LogP contribution in [0.4, 0.5) is 5.69 Å². The molecule has 0 saturated heterocycles. The van der Waals surface area contributed by atoms with Crippen molar-refractivity contribution in [3.05, 3.63) is 23.8 Å². The fraction of sp³-hybridized carbons (Fsp3) is 0.588. The minimum absolute atomic E-state index is 0.0794. The van der Waals surface area contributed by atoms with Gasteiger partial charge in [0.15, 0.2) is 0 Å². The van der Waals surface area contributed by atoms with Crippen molar-refractivity contribution >= 4 is 11.6 Å². The van der Waals surface area contributed by atoms with Crippen LogP contribution in [0.15, 0.2) is 18.2 Å². The van der Waals surface area contributed by atoms with E-state index in [1.165, 1.54) is 5.56 Å². The molecule has 4 heteroatoms. The molecule has 0 bridgehead atoms. The molecule has 1 aromatic carbocycles. The number of ether oxygens (including phenoxy) is 1. The van der Waals surface area contributed by atoms with Gasteiger partial charge in [-0.2, -0.15) is 0 Å². The average molecular weight is 288 g/mol. The summed E-state index contributed by atoms with van der Waals surface area (Å²) in [7, 11) is 0. The highest BCUT2D eigenvalue weighted by molar-refractivity contribution is 5.95. The Bertz CT molecular complexity index is 534. The SMILES string of the molecule is CC1CCC(CN)(C(=O)Nc2ccc3c(c2)CCO3)CC1. The molecule has 1 amide bonds. The van der Waals surface area contributed by atoms with Crippen molar-refractivity contribution in [1.82, 2.24) is 0 Å². The number of nitrogens with two attached hydrogens (primary N) is 1. The van der Waals surface area contributed by atoms with Gasteiger partial charge >= 0.3 is 0 Å². The number of rotatable bonds is 3. The Kier molecular flexibility index (Phi) is 3.89. The lowest BCUT2D eigenvalue weighted by atomic mass is 9.70. The largest absolute Gasteiger partial charge is 0.493 e. The smallest absolute Gasteiger partial charge is 0.231 e. The highest BCUT2D eigenvalue weighted by Gasteiger charge is 2.39. The number of anilines is 1. The molecule has 3 N–H and O–H groups in total. The molecule has 1 heterocycles. The van der Waals surface area contributed by atoms with Gasteiger partial charge in [0.2, 0.25) is 5.91 Å². The Labute approximate surface area is 126 Å². The van der Waals surface area contributed by atoms with Crippen molar-refractivity contribution in [2.24, 2.45) is 17.1 Å². The highest BCUT2D eigenvalue weighted by Crippen LogP contribution is 2.39. The number of nitrogens with one attached hydrogen (secondary N) is 1. The maximum absolute atomic E-state index is 12.7. The molecular formula is C17H24N2O2. The Morgan fingerprint density at radius 1 is 1.43 bits per heavy atom. The molecule has 0 radical (unpaired) electrons. The van der Waals surface area contributed by atoms with Crippen LogP contribution < -0.4 is 15.8 Å². The summed E-state index contributed by atoms with van der Waals surface area (Å²) < 4.78 is 5.49. The van der Waals surface area contributed by atoms with Crippen LogP contribution in [0.1, 0.15) is 38.2 Å². The number of amides is 1. The van der Waals surface area contributed by atoms with E-state index in [4.69, 9.17) is 10.5 Å². The lowest BCUT2D eigenvalue weighted by Crippen LogP contribution is -2.44. The molecule has 1 aliphatic carbocycles. The monoisotopic (exact) mass is 288 g/mol. The molecular weight excluding hydrogens is 264 g/mol. The number of benzene rings is 1. The second-order valence-corrected chi connectivity index (χ2v) is 6.54. The number of fused-ring (bicyclic) bond motifs is 1. The van der Waals surface area contributed by atoms with Crippen LogP contribution in [0, 0.1) is 11.3 Å². The maximum Gasteiger partial charge on any atom is 0.231 e. The normalized spacial score (nSPS) is 27.8. The number of hydrogen-bond acceptors (Lipinski definition) is 3. The van der Waals surface area contributed by atoms with Gasteiger partial charge < -0.3 is 15.8 Å². The van der Waals surface area contributed by atoms with Gasteiger partial charge in [0.05, 0.1) is 12.0 Å². The molecule has 21 heavy (non-hydrogen) atoms. The van der Waals surface area contributed by atoms with Gasteiger partial charge in [-0.25, -0.2) is 0 Å². The predicted molar refractivity (Wildman–Crippen MR) is 83.4 cm³/mol. The summed E-state index contributed by atoms with van der Waals surface area (Å²) in [5.74, 6) is 1.72. The molecule has 0 aromatic heterocycles. The van der Waals surface area contributed by atoms with Gasteiger partial charge in [0.1, 0.15) is 5.75 Å². The van der Waals surface area contributed by atoms with E-state index in [2.05, 4.69) is 12.2 Å². The van der Waals surface area contributed by atoms with Gasteiger partial charge in [-0.1, -0.05) is 6.92 Å². The Morgan fingerprint density at radius 2 is 2.19 bits per heavy atom. The zero-order valence-corrected chi connectivity index (χ0v) is 12.7. The van der Waals surface area contributed by atoms with E-state index in [1.807, 2.05) is 18.2 Å². The van der Waals surface area contributed by atoms with Crippen molar-refractivity contribution in [3.8, 4) is 5.75 Å². The van der Waals surface area contributed by atoms with Crippen LogP contribution >= 0.6 is 0 Å². The topological polar surface area (TPSA) is 64.4 Å². The number of hydrogen-bond donors (Lipinski definition) is 2. The molecule has 1 aliphatic heterocycles. The van der Waals surface area contributed by atoms with Crippen LogP contribution in [0.25, 0.3) is 0 Å². The minimum atomic E-state index is -0.387. The molecule has 2 aliphatic rings. The fourth-order valence-electron chi connectivity index (χ4n) is 3.37.